The minimum Gasteiger partial charge on any atom is -0.504 e. The maximum Gasteiger partial charge on any atom is 0.193 e. The van der Waals surface area contributed by atoms with Crippen LogP contribution < -0.4 is 4.74 Å². The molecular weight excluding hydrogens is 362 g/mol. The third kappa shape index (κ3) is 1.62. The number of carbonyl (C=O) groups excluding carboxylic acids is 1. The summed E-state index contributed by atoms with van der Waals surface area (Å²) in [4.78, 5) is 12.9. The first-order chi connectivity index (χ1) is 13.2. The number of hydrogen-bond donors (Lipinski definition) is 4. The summed E-state index contributed by atoms with van der Waals surface area (Å²) >= 11 is 0. The van der Waals surface area contributed by atoms with Crippen molar-refractivity contribution in [1.82, 2.24) is 0 Å². The van der Waals surface area contributed by atoms with Crippen LogP contribution in [-0.4, -0.2) is 74.4 Å². The number of aromatic hydroxyl groups is 1. The van der Waals surface area contributed by atoms with Crippen LogP contribution in [0.15, 0.2) is 12.1 Å². The van der Waals surface area contributed by atoms with E-state index in [1.54, 1.807) is 6.07 Å². The van der Waals surface area contributed by atoms with Crippen LogP contribution in [0.5, 0.6) is 11.5 Å². The number of phenolic OH excluding ortho intramolecular Hbond substituents is 1. The van der Waals surface area contributed by atoms with E-state index in [-0.39, 0.29) is 34.1 Å². The van der Waals surface area contributed by atoms with Crippen molar-refractivity contribution in [1.29, 1.82) is 0 Å². The minimum absolute atomic E-state index is 0.0357. The number of likely N-dealkylation sites (tertiary alicyclic amines) is 1. The Kier molecular flexibility index (Phi) is 3.01. The van der Waals surface area contributed by atoms with E-state index < -0.39 is 35.5 Å². The SMILES string of the molecule is C[N@+]1(C(O)C2CC2)CC[C@]23c4c5ccc(O)c4O[C@H]2C(=O)CC(O)[C@@]3(O)[C@H]1C5. The molecule has 2 bridgehead atoms. The van der Waals surface area contributed by atoms with Gasteiger partial charge in [-0.05, 0) is 24.5 Å². The minimum atomic E-state index is -1.60. The predicted octanol–water partition coefficient (Wildman–Crippen LogP) is -0.0408. The second-order valence-corrected chi connectivity index (χ2v) is 9.72. The van der Waals surface area contributed by atoms with E-state index in [0.29, 0.717) is 24.9 Å². The number of likely N-dealkylation sites (N-methyl/N-ethyl adjacent to an activating group) is 1. The highest BCUT2D eigenvalue weighted by Gasteiger charge is 2.80. The number of rotatable bonds is 2. The molecular formula is C21H26NO6+. The quantitative estimate of drug-likeness (QED) is 0.530. The molecule has 5 aliphatic rings. The molecule has 150 valence electrons. The van der Waals surface area contributed by atoms with Crippen molar-refractivity contribution in [2.24, 2.45) is 5.92 Å². The second kappa shape index (κ2) is 4.90. The third-order valence-corrected chi connectivity index (χ3v) is 8.53. The number of benzene rings is 1. The van der Waals surface area contributed by atoms with Gasteiger partial charge in [0.15, 0.2) is 35.2 Å². The number of aliphatic hydroxyl groups is 3. The predicted molar refractivity (Wildman–Crippen MR) is 96.7 cm³/mol. The van der Waals surface area contributed by atoms with Gasteiger partial charge in [0.25, 0.3) is 0 Å². The summed E-state index contributed by atoms with van der Waals surface area (Å²) in [6.07, 6.45) is -0.0784. The lowest BCUT2D eigenvalue weighted by Crippen LogP contribution is -2.85. The maximum atomic E-state index is 12.9. The van der Waals surface area contributed by atoms with Crippen molar-refractivity contribution >= 4 is 5.78 Å². The topological polar surface area (TPSA) is 107 Å². The largest absolute Gasteiger partial charge is 0.504 e. The van der Waals surface area contributed by atoms with E-state index in [1.807, 2.05) is 13.1 Å². The molecule has 7 nitrogen and oxygen atoms in total. The van der Waals surface area contributed by atoms with Crippen molar-refractivity contribution in [3.8, 4) is 11.5 Å². The number of piperidine rings is 1. The Morgan fingerprint density at radius 3 is 2.75 bits per heavy atom. The molecule has 3 fully saturated rings. The van der Waals surface area contributed by atoms with Gasteiger partial charge in [0.05, 0.1) is 25.1 Å². The summed E-state index contributed by atoms with van der Waals surface area (Å²) in [6, 6.07) is 2.96. The summed E-state index contributed by atoms with van der Waals surface area (Å²) in [5, 5.41) is 44.8. The molecule has 1 saturated heterocycles. The van der Waals surface area contributed by atoms with Crippen molar-refractivity contribution in [2.75, 3.05) is 13.6 Å². The molecule has 0 amide bonds. The van der Waals surface area contributed by atoms with Gasteiger partial charge in [-0.25, -0.2) is 0 Å². The van der Waals surface area contributed by atoms with Gasteiger partial charge in [-0.3, -0.25) is 9.28 Å². The summed E-state index contributed by atoms with van der Waals surface area (Å²) < 4.78 is 6.26. The molecule has 2 aliphatic heterocycles. The van der Waals surface area contributed by atoms with Crippen LogP contribution in [0.2, 0.25) is 0 Å². The molecule has 2 heterocycles. The van der Waals surface area contributed by atoms with Crippen LogP contribution in [0.25, 0.3) is 0 Å². The van der Waals surface area contributed by atoms with Crippen LogP contribution in [0, 0.1) is 5.92 Å². The zero-order valence-corrected chi connectivity index (χ0v) is 15.8. The van der Waals surface area contributed by atoms with E-state index in [2.05, 4.69) is 0 Å². The van der Waals surface area contributed by atoms with Crippen LogP contribution in [0.3, 0.4) is 0 Å². The third-order valence-electron chi connectivity index (χ3n) is 8.53. The highest BCUT2D eigenvalue weighted by atomic mass is 16.5. The van der Waals surface area contributed by atoms with Crippen molar-refractivity contribution in [3.05, 3.63) is 23.3 Å². The monoisotopic (exact) mass is 388 g/mol. The number of nitrogens with zero attached hydrogens (tertiary/aromatic N) is 1. The summed E-state index contributed by atoms with van der Waals surface area (Å²) in [6.45, 7) is 0.582. The van der Waals surface area contributed by atoms with E-state index in [9.17, 15) is 25.2 Å². The van der Waals surface area contributed by atoms with Crippen molar-refractivity contribution < 1.29 is 34.4 Å². The fraction of sp³-hybridized carbons (Fsp3) is 0.667. The number of ether oxygens (including phenoxy) is 1. The first-order valence-corrected chi connectivity index (χ1v) is 10.2. The highest BCUT2D eigenvalue weighted by Crippen LogP contribution is 2.66. The molecule has 2 unspecified atom stereocenters. The number of quaternary nitrogens is 1. The number of Topliss-reactive ketones (excluding diaryl/α,β-unsaturated/α-hetero) is 1. The van der Waals surface area contributed by atoms with Gasteiger partial charge in [0, 0.05) is 30.7 Å². The van der Waals surface area contributed by atoms with E-state index in [1.165, 1.54) is 0 Å². The Labute approximate surface area is 162 Å². The number of ketones is 1. The zero-order valence-electron chi connectivity index (χ0n) is 15.8. The molecule has 0 radical (unpaired) electrons. The van der Waals surface area contributed by atoms with E-state index in [0.717, 1.165) is 18.4 Å². The van der Waals surface area contributed by atoms with Crippen LogP contribution in [0.4, 0.5) is 0 Å². The van der Waals surface area contributed by atoms with Gasteiger partial charge in [0.2, 0.25) is 0 Å². The zero-order chi connectivity index (χ0) is 19.6. The van der Waals surface area contributed by atoms with Gasteiger partial charge in [-0.2, -0.15) is 0 Å². The number of aliphatic hydroxyl groups excluding tert-OH is 2. The lowest BCUT2D eigenvalue weighted by molar-refractivity contribution is -0.992. The van der Waals surface area contributed by atoms with Gasteiger partial charge in [0.1, 0.15) is 6.04 Å². The number of phenols is 1. The van der Waals surface area contributed by atoms with Crippen molar-refractivity contribution in [2.45, 2.75) is 67.6 Å². The van der Waals surface area contributed by atoms with Crippen LogP contribution in [-0.2, 0) is 16.6 Å². The molecule has 7 heteroatoms. The van der Waals surface area contributed by atoms with Crippen molar-refractivity contribution in [3.63, 3.8) is 0 Å². The molecule has 28 heavy (non-hydrogen) atoms. The fourth-order valence-corrected chi connectivity index (χ4v) is 7.01. The van der Waals surface area contributed by atoms with Crippen LogP contribution >= 0.6 is 0 Å². The van der Waals surface area contributed by atoms with E-state index >= 15 is 0 Å². The fourth-order valence-electron chi connectivity index (χ4n) is 7.01. The standard InChI is InChI=1S/C21H25NO6/c1-22(19(26)10-2-3-10)7-6-20-16-11-4-5-12(23)17(16)28-18(20)13(24)9-15(25)21(20,27)14(22)8-11/h4-5,10,14-15,18-19,25-27H,2-3,6-9H2,1H3/p+1/t14-,15?,18+,19?,20+,21+,22+/m1/s1. The highest BCUT2D eigenvalue weighted by molar-refractivity contribution is 5.90. The summed E-state index contributed by atoms with van der Waals surface area (Å²) in [5.74, 6) is 0.225. The Hall–Kier alpha value is -1.67. The Morgan fingerprint density at radius 1 is 1.29 bits per heavy atom. The average molecular weight is 388 g/mol. The molecule has 1 spiro atoms. The molecule has 1 aromatic rings. The Balaban J connectivity index is 1.63. The molecule has 7 atom stereocenters. The lowest BCUT2D eigenvalue weighted by atomic mass is 9.47. The summed E-state index contributed by atoms with van der Waals surface area (Å²) in [7, 11) is 1.97. The number of carbonyl (C=O) groups is 1. The smallest absolute Gasteiger partial charge is 0.193 e. The average Bonchev–Trinajstić information content (AvgIpc) is 3.43. The molecule has 3 aliphatic carbocycles. The Morgan fingerprint density at radius 2 is 2.04 bits per heavy atom. The first kappa shape index (κ1) is 17.2. The van der Waals surface area contributed by atoms with Gasteiger partial charge >= 0.3 is 0 Å². The van der Waals surface area contributed by atoms with Crippen LogP contribution in [0.1, 0.15) is 36.8 Å². The second-order valence-electron chi connectivity index (χ2n) is 9.72. The summed E-state index contributed by atoms with van der Waals surface area (Å²) in [5.41, 5.74) is -1.05. The van der Waals surface area contributed by atoms with Gasteiger partial charge in [-0.15, -0.1) is 0 Å². The number of hydrogen-bond acceptors (Lipinski definition) is 6. The molecule has 6 rings (SSSR count). The lowest BCUT2D eigenvalue weighted by Gasteiger charge is -2.66. The van der Waals surface area contributed by atoms with Gasteiger partial charge in [-0.1, -0.05) is 6.07 Å². The van der Waals surface area contributed by atoms with Gasteiger partial charge < -0.3 is 25.2 Å². The van der Waals surface area contributed by atoms with E-state index in [4.69, 9.17) is 4.74 Å². The first-order valence-electron chi connectivity index (χ1n) is 10.2. The molecule has 0 aromatic heterocycles. The molecule has 4 N–H and O–H groups in total. The Bertz CT molecular complexity index is 914. The molecule has 1 aromatic carbocycles. The maximum absolute atomic E-state index is 12.9. The normalized spacial score (nSPS) is 46.7. The molecule has 2 saturated carbocycles.